The molecule has 0 aromatic heterocycles. The molecule has 1 fully saturated rings. The van der Waals surface area contributed by atoms with Gasteiger partial charge in [-0.15, -0.1) is 0 Å². The maximum Gasteiger partial charge on any atom is 0.255 e. The molecule has 1 aromatic rings. The Morgan fingerprint density at radius 2 is 2.09 bits per heavy atom. The van der Waals surface area contributed by atoms with Crippen molar-refractivity contribution in [3.63, 3.8) is 0 Å². The Labute approximate surface area is 128 Å². The van der Waals surface area contributed by atoms with Gasteiger partial charge in [-0.2, -0.15) is 0 Å². The quantitative estimate of drug-likeness (QED) is 0.612. The van der Waals surface area contributed by atoms with Gasteiger partial charge in [0, 0.05) is 6.61 Å². The zero-order valence-electron chi connectivity index (χ0n) is 11.8. The van der Waals surface area contributed by atoms with Gasteiger partial charge in [0.15, 0.2) is 6.61 Å². The van der Waals surface area contributed by atoms with Crippen molar-refractivity contribution in [3.05, 3.63) is 24.3 Å². The molecule has 1 amide bonds. The van der Waals surface area contributed by atoms with Gasteiger partial charge >= 0.3 is 0 Å². The van der Waals surface area contributed by atoms with Crippen molar-refractivity contribution in [2.45, 2.75) is 23.5 Å². The fourth-order valence-corrected chi connectivity index (χ4v) is 3.23. The highest BCUT2D eigenvalue weighted by Gasteiger charge is 2.28. The molecule has 2 atom stereocenters. The van der Waals surface area contributed by atoms with Crippen LogP contribution in [0.3, 0.4) is 0 Å². The summed E-state index contributed by atoms with van der Waals surface area (Å²) in [6, 6.07) is 4.85. The third-order valence-electron chi connectivity index (χ3n) is 3.14. The van der Waals surface area contributed by atoms with Gasteiger partial charge in [-0.05, 0) is 30.7 Å². The number of primary amides is 1. The zero-order chi connectivity index (χ0) is 16.2. The number of hydrogen-bond donors (Lipinski definition) is 3. The highest BCUT2D eigenvalue weighted by atomic mass is 32.2. The standard InChI is InChI=1S/C13H18N2O6S/c14-13(17)8-21-9-1-3-10(4-2-9)22(18,19)15-11-7-20-6-5-12(11)16/h1-4,11-12,15-16H,5-8H2,(H2,14,17)/t11-,12-/m1/s1. The second-order valence-corrected chi connectivity index (χ2v) is 6.60. The third-order valence-corrected chi connectivity index (χ3v) is 4.65. The van der Waals surface area contributed by atoms with Gasteiger partial charge in [-0.25, -0.2) is 13.1 Å². The van der Waals surface area contributed by atoms with E-state index in [0.717, 1.165) is 0 Å². The van der Waals surface area contributed by atoms with E-state index < -0.39 is 28.1 Å². The van der Waals surface area contributed by atoms with Gasteiger partial charge in [0.1, 0.15) is 5.75 Å². The van der Waals surface area contributed by atoms with Gasteiger partial charge in [-0.1, -0.05) is 0 Å². The van der Waals surface area contributed by atoms with E-state index in [1.165, 1.54) is 24.3 Å². The van der Waals surface area contributed by atoms with Crippen LogP contribution in [0.4, 0.5) is 0 Å². The predicted octanol–water partition coefficient (Wildman–Crippen LogP) is -1.02. The number of carbonyl (C=O) groups is 1. The van der Waals surface area contributed by atoms with E-state index >= 15 is 0 Å². The SMILES string of the molecule is NC(=O)COc1ccc(S(=O)(=O)N[C@@H]2COCC[C@H]2O)cc1. The number of nitrogens with two attached hydrogens (primary N) is 1. The van der Waals surface area contributed by atoms with E-state index in [2.05, 4.69) is 4.72 Å². The molecule has 4 N–H and O–H groups in total. The van der Waals surface area contributed by atoms with Gasteiger partial charge in [0.2, 0.25) is 10.0 Å². The van der Waals surface area contributed by atoms with Crippen molar-refractivity contribution in [3.8, 4) is 5.75 Å². The zero-order valence-corrected chi connectivity index (χ0v) is 12.6. The van der Waals surface area contributed by atoms with E-state index in [-0.39, 0.29) is 18.1 Å². The highest BCUT2D eigenvalue weighted by molar-refractivity contribution is 7.89. The first-order valence-corrected chi connectivity index (χ1v) is 8.16. The molecule has 1 saturated heterocycles. The van der Waals surface area contributed by atoms with Crippen LogP contribution in [0.25, 0.3) is 0 Å². The van der Waals surface area contributed by atoms with Crippen molar-refractivity contribution in [2.24, 2.45) is 5.73 Å². The van der Waals surface area contributed by atoms with Crippen LogP contribution in [0.15, 0.2) is 29.2 Å². The summed E-state index contributed by atoms with van der Waals surface area (Å²) in [7, 11) is -3.78. The predicted molar refractivity (Wildman–Crippen MR) is 76.7 cm³/mol. The van der Waals surface area contributed by atoms with Gasteiger partial charge in [0.05, 0.1) is 23.6 Å². The lowest BCUT2D eigenvalue weighted by atomic mass is 10.1. The van der Waals surface area contributed by atoms with Crippen molar-refractivity contribution >= 4 is 15.9 Å². The molecule has 8 nitrogen and oxygen atoms in total. The number of nitrogens with one attached hydrogen (secondary N) is 1. The number of aliphatic hydroxyl groups excluding tert-OH is 1. The fourth-order valence-electron chi connectivity index (χ4n) is 1.98. The monoisotopic (exact) mass is 330 g/mol. The summed E-state index contributed by atoms with van der Waals surface area (Å²) in [6.07, 6.45) is -0.394. The maximum atomic E-state index is 12.2. The van der Waals surface area contributed by atoms with Crippen LogP contribution in [0.1, 0.15) is 6.42 Å². The Bertz CT molecular complexity index is 616. The molecule has 2 rings (SSSR count). The first-order valence-electron chi connectivity index (χ1n) is 6.68. The lowest BCUT2D eigenvalue weighted by molar-refractivity contribution is -0.119. The van der Waals surface area contributed by atoms with E-state index in [4.69, 9.17) is 15.2 Å². The largest absolute Gasteiger partial charge is 0.484 e. The Balaban J connectivity index is 2.04. The van der Waals surface area contributed by atoms with Crippen molar-refractivity contribution < 1.29 is 27.8 Å². The molecule has 1 aliphatic heterocycles. The van der Waals surface area contributed by atoms with Crippen LogP contribution in [0, 0.1) is 0 Å². The van der Waals surface area contributed by atoms with Crippen molar-refractivity contribution in [1.29, 1.82) is 0 Å². The van der Waals surface area contributed by atoms with E-state index in [1.807, 2.05) is 0 Å². The number of ether oxygens (including phenoxy) is 2. The average Bonchev–Trinajstić information content (AvgIpc) is 2.48. The lowest BCUT2D eigenvalue weighted by Gasteiger charge is -2.28. The third kappa shape index (κ3) is 4.41. The second-order valence-electron chi connectivity index (χ2n) is 4.89. The van der Waals surface area contributed by atoms with E-state index in [9.17, 15) is 18.3 Å². The smallest absolute Gasteiger partial charge is 0.255 e. The minimum Gasteiger partial charge on any atom is -0.484 e. The molecule has 1 heterocycles. The first-order chi connectivity index (χ1) is 10.4. The van der Waals surface area contributed by atoms with Gasteiger partial charge in [-0.3, -0.25) is 4.79 Å². The van der Waals surface area contributed by atoms with Crippen LogP contribution >= 0.6 is 0 Å². The highest BCUT2D eigenvalue weighted by Crippen LogP contribution is 2.17. The van der Waals surface area contributed by atoms with Gasteiger partial charge in [0.25, 0.3) is 5.91 Å². The molecule has 1 aliphatic rings. The Morgan fingerprint density at radius 3 is 2.68 bits per heavy atom. The van der Waals surface area contributed by atoms with E-state index in [0.29, 0.717) is 18.8 Å². The number of sulfonamides is 1. The normalized spacial score (nSPS) is 22.2. The van der Waals surface area contributed by atoms with Crippen molar-refractivity contribution in [2.75, 3.05) is 19.8 Å². The summed E-state index contributed by atoms with van der Waals surface area (Å²) < 4.78 is 37.1. The molecule has 0 saturated carbocycles. The number of aliphatic hydroxyl groups is 1. The first kappa shape index (κ1) is 16.7. The Morgan fingerprint density at radius 1 is 1.41 bits per heavy atom. The molecular weight excluding hydrogens is 312 g/mol. The number of carbonyl (C=O) groups excluding carboxylic acids is 1. The Hall–Kier alpha value is -1.68. The summed E-state index contributed by atoms with van der Waals surface area (Å²) in [4.78, 5) is 10.6. The second kappa shape index (κ2) is 7.05. The molecule has 0 spiro atoms. The van der Waals surface area contributed by atoms with Crippen LogP contribution in [0.2, 0.25) is 0 Å². The van der Waals surface area contributed by atoms with Crippen LogP contribution in [-0.4, -0.2) is 51.4 Å². The van der Waals surface area contributed by atoms with Crippen molar-refractivity contribution in [1.82, 2.24) is 4.72 Å². The average molecular weight is 330 g/mol. The van der Waals surface area contributed by atoms with Crippen LogP contribution in [-0.2, 0) is 19.6 Å². The van der Waals surface area contributed by atoms with Gasteiger partial charge < -0.3 is 20.3 Å². The Kier molecular flexibility index (Phi) is 5.35. The molecular formula is C13H18N2O6S. The number of amides is 1. The molecule has 0 unspecified atom stereocenters. The molecule has 0 radical (unpaired) electrons. The summed E-state index contributed by atoms with van der Waals surface area (Å²) >= 11 is 0. The molecule has 22 heavy (non-hydrogen) atoms. The van der Waals surface area contributed by atoms with E-state index in [1.54, 1.807) is 0 Å². The molecule has 122 valence electrons. The molecule has 0 aliphatic carbocycles. The lowest BCUT2D eigenvalue weighted by Crippen LogP contribution is -2.49. The minimum absolute atomic E-state index is 0.0247. The molecule has 0 bridgehead atoms. The summed E-state index contributed by atoms with van der Waals surface area (Å²) in [5, 5.41) is 9.77. The maximum absolute atomic E-state index is 12.2. The number of hydrogen-bond acceptors (Lipinski definition) is 6. The topological polar surface area (TPSA) is 128 Å². The number of benzene rings is 1. The number of rotatable bonds is 6. The van der Waals surface area contributed by atoms with Crippen LogP contribution in [0.5, 0.6) is 5.75 Å². The molecule has 1 aromatic carbocycles. The summed E-state index contributed by atoms with van der Waals surface area (Å²) in [6.45, 7) is 0.251. The minimum atomic E-state index is -3.78. The molecule has 9 heteroatoms. The van der Waals surface area contributed by atoms with Crippen LogP contribution < -0.4 is 15.2 Å². The summed E-state index contributed by atoms with van der Waals surface area (Å²) in [5.74, 6) is -0.288. The summed E-state index contributed by atoms with van der Waals surface area (Å²) in [5.41, 5.74) is 4.95. The fraction of sp³-hybridized carbons (Fsp3) is 0.462.